The first-order valence-corrected chi connectivity index (χ1v) is 17.5. The summed E-state index contributed by atoms with van der Waals surface area (Å²) in [5.74, 6) is -0.909. The zero-order valence-corrected chi connectivity index (χ0v) is 28.5. The number of nitrogens with one attached hydrogen (secondary N) is 4. The molecule has 4 N–H and O–H groups in total. The van der Waals surface area contributed by atoms with Crippen LogP contribution in [-0.2, 0) is 9.47 Å². The normalized spacial score (nSPS) is 19.1. The van der Waals surface area contributed by atoms with Crippen molar-refractivity contribution in [3.05, 3.63) is 59.2 Å². The first-order valence-electron chi connectivity index (χ1n) is 17.5. The molecule has 4 aromatic rings. The molecule has 2 saturated carbocycles. The van der Waals surface area contributed by atoms with Crippen molar-refractivity contribution in [2.24, 2.45) is 0 Å². The fourth-order valence-corrected chi connectivity index (χ4v) is 7.03. The van der Waals surface area contributed by atoms with Crippen molar-refractivity contribution in [2.75, 3.05) is 40.4 Å². The van der Waals surface area contributed by atoms with Crippen LogP contribution in [0.1, 0.15) is 93.3 Å². The third-order valence-corrected chi connectivity index (χ3v) is 10.1. The van der Waals surface area contributed by atoms with E-state index in [0.29, 0.717) is 33.2 Å². The number of amides is 2. The van der Waals surface area contributed by atoms with Gasteiger partial charge in [-0.1, -0.05) is 12.1 Å². The molecule has 8 rings (SSSR count). The van der Waals surface area contributed by atoms with Crippen LogP contribution in [0.25, 0.3) is 22.1 Å². The van der Waals surface area contributed by atoms with Gasteiger partial charge in [-0.05, 0) is 75.6 Å². The van der Waals surface area contributed by atoms with Crippen molar-refractivity contribution < 1.29 is 28.7 Å². The number of methoxy groups -OCH3 is 2. The monoisotopic (exact) mass is 684 g/mol. The number of likely N-dealkylation sites (tertiary alicyclic amines) is 2. The second kappa shape index (κ2) is 14.6. The summed E-state index contributed by atoms with van der Waals surface area (Å²) in [5, 5.41) is 6.13. The minimum absolute atomic E-state index is 0.177. The number of para-hydroxylation sites is 2. The van der Waals surface area contributed by atoms with Crippen LogP contribution < -0.4 is 10.6 Å². The van der Waals surface area contributed by atoms with Gasteiger partial charge in [-0.25, -0.2) is 19.6 Å². The van der Waals surface area contributed by atoms with E-state index in [9.17, 15) is 19.2 Å². The largest absolute Gasteiger partial charge is 0.465 e. The van der Waals surface area contributed by atoms with E-state index in [1.165, 1.54) is 39.9 Å². The van der Waals surface area contributed by atoms with Gasteiger partial charge < -0.3 is 39.9 Å². The van der Waals surface area contributed by atoms with Crippen LogP contribution in [-0.4, -0.2) is 118 Å². The van der Waals surface area contributed by atoms with E-state index in [1.54, 1.807) is 36.4 Å². The van der Waals surface area contributed by atoms with Gasteiger partial charge in [0.05, 0.1) is 36.4 Å². The first kappa shape index (κ1) is 33.7. The number of piperidine rings is 2. The Morgan fingerprint density at radius 2 is 1.00 bits per heavy atom. The Kier molecular flexibility index (Phi) is 9.81. The smallest absolute Gasteiger partial charge is 0.340 e. The highest BCUT2D eigenvalue weighted by molar-refractivity contribution is 6.05. The maximum atomic E-state index is 12.5. The summed E-state index contributed by atoms with van der Waals surface area (Å²) in [7, 11) is 2.66. The number of benzene rings is 2. The Morgan fingerprint density at radius 3 is 1.34 bits per heavy atom. The minimum atomic E-state index is -0.462. The Morgan fingerprint density at radius 1 is 0.620 bits per heavy atom. The standard InChI is InChI=1S/2C18H22N4O3/c2*1-25-18(24)13-3-2-4-14-15(13)21-16(20-14)17(23)19-11-7-9-22(10-8-11)12-5-6-12/h2*2-4,11-12H,5-10H2,1H3,(H,19,23)(H,20,21). The second-order valence-electron chi connectivity index (χ2n) is 13.6. The molecule has 0 radical (unpaired) electrons. The number of rotatable bonds is 8. The van der Waals surface area contributed by atoms with Crippen molar-refractivity contribution in [3.63, 3.8) is 0 Å². The van der Waals surface area contributed by atoms with E-state index in [1.807, 2.05) is 0 Å². The summed E-state index contributed by atoms with van der Waals surface area (Å²) >= 11 is 0. The molecule has 50 heavy (non-hydrogen) atoms. The highest BCUT2D eigenvalue weighted by atomic mass is 16.5. The van der Waals surface area contributed by atoms with Gasteiger partial charge in [0.25, 0.3) is 11.8 Å². The van der Waals surface area contributed by atoms with Crippen LogP contribution in [0.5, 0.6) is 0 Å². The number of nitrogens with zero attached hydrogens (tertiary/aromatic N) is 4. The Labute approximate surface area is 289 Å². The third-order valence-electron chi connectivity index (χ3n) is 10.1. The molecule has 2 aromatic carbocycles. The number of hydrogen-bond acceptors (Lipinski definition) is 10. The molecule has 0 atom stereocenters. The SMILES string of the molecule is COC(=O)c1cccc2[nH]c(C(=O)NC3CCN(C4CC4)CC3)nc12.COC(=O)c1cccc2[nH]c(C(=O)NC3CCN(C4CC4)CC3)nc12. The summed E-state index contributed by atoms with van der Waals surface area (Å²) in [4.78, 5) is 68.4. The zero-order valence-electron chi connectivity index (χ0n) is 28.5. The lowest BCUT2D eigenvalue weighted by Gasteiger charge is -2.32. The van der Waals surface area contributed by atoms with E-state index in [0.717, 1.165) is 63.9 Å². The van der Waals surface area contributed by atoms with Gasteiger partial charge in [-0.3, -0.25) is 9.59 Å². The number of aromatic amines is 2. The summed E-state index contributed by atoms with van der Waals surface area (Å²) < 4.78 is 9.54. The van der Waals surface area contributed by atoms with Gasteiger partial charge in [0, 0.05) is 50.3 Å². The van der Waals surface area contributed by atoms with Gasteiger partial charge in [0.2, 0.25) is 0 Å². The van der Waals surface area contributed by atoms with Crippen molar-refractivity contribution in [1.82, 2.24) is 40.4 Å². The Bertz CT molecular complexity index is 1740. The van der Waals surface area contributed by atoms with Crippen molar-refractivity contribution in [1.29, 1.82) is 0 Å². The topological polar surface area (TPSA) is 175 Å². The number of imidazole rings is 2. The first-order chi connectivity index (χ1) is 24.3. The van der Waals surface area contributed by atoms with Crippen LogP contribution in [0.2, 0.25) is 0 Å². The number of carbonyl (C=O) groups excluding carboxylic acids is 4. The van der Waals surface area contributed by atoms with E-state index in [-0.39, 0.29) is 35.5 Å². The number of fused-ring (bicyclic) bond motifs is 2. The predicted octanol–water partition coefficient (Wildman–Crippen LogP) is 3.41. The Balaban J connectivity index is 0.000000157. The van der Waals surface area contributed by atoms with Crippen LogP contribution in [0, 0.1) is 0 Å². The lowest BCUT2D eigenvalue weighted by atomic mass is 10.0. The molecule has 4 fully saturated rings. The molecule has 0 unspecified atom stereocenters. The van der Waals surface area contributed by atoms with Crippen molar-refractivity contribution in [2.45, 2.75) is 75.5 Å². The molecule has 14 nitrogen and oxygen atoms in total. The molecule has 4 aliphatic rings. The van der Waals surface area contributed by atoms with Gasteiger partial charge in [-0.15, -0.1) is 0 Å². The molecule has 2 amide bonds. The highest BCUT2D eigenvalue weighted by Gasteiger charge is 2.33. The highest BCUT2D eigenvalue weighted by Crippen LogP contribution is 2.30. The molecule has 0 spiro atoms. The number of aromatic nitrogens is 4. The van der Waals surface area contributed by atoms with Crippen molar-refractivity contribution >= 4 is 45.8 Å². The van der Waals surface area contributed by atoms with Crippen LogP contribution in [0.4, 0.5) is 0 Å². The third kappa shape index (κ3) is 7.50. The molecular formula is C36H44N8O6. The maximum absolute atomic E-state index is 12.5. The number of H-pyrrole nitrogens is 2. The molecule has 0 bridgehead atoms. The number of carbonyl (C=O) groups is 4. The fourth-order valence-electron chi connectivity index (χ4n) is 7.03. The lowest BCUT2D eigenvalue weighted by Crippen LogP contribution is -2.45. The zero-order chi connectivity index (χ0) is 34.8. The fraction of sp³-hybridized carbons (Fsp3) is 0.500. The average molecular weight is 685 g/mol. The second-order valence-corrected chi connectivity index (χ2v) is 13.6. The predicted molar refractivity (Wildman–Crippen MR) is 185 cm³/mol. The van der Waals surface area contributed by atoms with Gasteiger partial charge in [0.1, 0.15) is 11.0 Å². The summed E-state index contributed by atoms with van der Waals surface area (Å²) in [5.41, 5.74) is 2.93. The molecule has 2 saturated heterocycles. The number of ether oxygens (including phenoxy) is 2. The van der Waals surface area contributed by atoms with Gasteiger partial charge in [-0.2, -0.15) is 0 Å². The quantitative estimate of drug-likeness (QED) is 0.201. The summed E-state index contributed by atoms with van der Waals surface area (Å²) in [6.45, 7) is 4.18. The van der Waals surface area contributed by atoms with Crippen LogP contribution in [0.15, 0.2) is 36.4 Å². The minimum Gasteiger partial charge on any atom is -0.465 e. The van der Waals surface area contributed by atoms with E-state index >= 15 is 0 Å². The van der Waals surface area contributed by atoms with Crippen molar-refractivity contribution in [3.8, 4) is 0 Å². The summed E-state index contributed by atoms with van der Waals surface area (Å²) in [6.07, 6.45) is 9.14. The molecule has 14 heteroatoms. The van der Waals surface area contributed by atoms with Crippen LogP contribution >= 0.6 is 0 Å². The van der Waals surface area contributed by atoms with Crippen LogP contribution in [0.3, 0.4) is 0 Å². The lowest BCUT2D eigenvalue weighted by molar-refractivity contribution is 0.0594. The molecule has 2 aromatic heterocycles. The van der Waals surface area contributed by atoms with E-state index < -0.39 is 11.9 Å². The molecular weight excluding hydrogens is 640 g/mol. The Hall–Kier alpha value is -4.82. The maximum Gasteiger partial charge on any atom is 0.340 e. The average Bonchev–Trinajstić information content (AvgIpc) is 4.08. The summed E-state index contributed by atoms with van der Waals surface area (Å²) in [6, 6.07) is 12.3. The number of esters is 2. The molecule has 2 aliphatic heterocycles. The number of hydrogen-bond donors (Lipinski definition) is 4. The van der Waals surface area contributed by atoms with E-state index in [2.05, 4.69) is 40.4 Å². The van der Waals surface area contributed by atoms with E-state index in [4.69, 9.17) is 9.47 Å². The molecule has 2 aliphatic carbocycles. The molecule has 264 valence electrons. The van der Waals surface area contributed by atoms with Gasteiger partial charge in [0.15, 0.2) is 11.6 Å². The van der Waals surface area contributed by atoms with Gasteiger partial charge >= 0.3 is 11.9 Å². The molecule has 4 heterocycles.